The smallest absolute Gasteiger partial charge is 0.253 e. The van der Waals surface area contributed by atoms with Gasteiger partial charge in [-0.3, -0.25) is 4.79 Å². The molecule has 0 aromatic heterocycles. The molecule has 1 fully saturated rings. The molecule has 8 heteroatoms. The lowest BCUT2D eigenvalue weighted by Gasteiger charge is -2.30. The van der Waals surface area contributed by atoms with E-state index in [0.29, 0.717) is 25.2 Å². The maximum absolute atomic E-state index is 12.7. The third kappa shape index (κ3) is 5.71. The fourth-order valence-electron chi connectivity index (χ4n) is 3.40. The fraction of sp³-hybridized carbons (Fsp3) is 0.381. The molecular weight excluding hydrogens is 390 g/mol. The van der Waals surface area contributed by atoms with Crippen molar-refractivity contribution in [2.24, 2.45) is 5.92 Å². The Kier molecular flexibility index (Phi) is 6.76. The summed E-state index contributed by atoms with van der Waals surface area (Å²) in [7, 11) is -1.52. The van der Waals surface area contributed by atoms with Crippen molar-refractivity contribution in [1.29, 1.82) is 0 Å². The zero-order chi connectivity index (χ0) is 20.9. The maximum Gasteiger partial charge on any atom is 0.253 e. The summed E-state index contributed by atoms with van der Waals surface area (Å²) >= 11 is 0. The molecular formula is C21H27N3O4S. The van der Waals surface area contributed by atoms with Gasteiger partial charge in [0.1, 0.15) is 5.75 Å². The van der Waals surface area contributed by atoms with Crippen LogP contribution in [0.15, 0.2) is 48.5 Å². The third-order valence-electron chi connectivity index (χ3n) is 5.13. The van der Waals surface area contributed by atoms with E-state index < -0.39 is 10.0 Å². The summed E-state index contributed by atoms with van der Waals surface area (Å²) in [5.41, 5.74) is 2.15. The van der Waals surface area contributed by atoms with Gasteiger partial charge in [0.25, 0.3) is 5.91 Å². The number of sulfonamides is 1. The number of para-hydroxylation sites is 1. The number of hydrogen-bond acceptors (Lipinski definition) is 5. The summed E-state index contributed by atoms with van der Waals surface area (Å²) in [6, 6.07) is 14.9. The Balaban J connectivity index is 1.58. The van der Waals surface area contributed by atoms with Gasteiger partial charge in [0.2, 0.25) is 10.0 Å². The Bertz CT molecular complexity index is 937. The maximum atomic E-state index is 12.7. The highest BCUT2D eigenvalue weighted by molar-refractivity contribution is 7.88. The highest BCUT2D eigenvalue weighted by Gasteiger charge is 2.25. The minimum Gasteiger partial charge on any atom is -0.497 e. The summed E-state index contributed by atoms with van der Waals surface area (Å²) in [6.07, 6.45) is 2.74. The van der Waals surface area contributed by atoms with Crippen LogP contribution in [0.25, 0.3) is 0 Å². The third-order valence-corrected chi connectivity index (χ3v) is 6.44. The molecule has 3 rings (SSSR count). The first-order valence-electron chi connectivity index (χ1n) is 9.60. The summed E-state index contributed by atoms with van der Waals surface area (Å²) in [5, 5.41) is 6.28. The van der Waals surface area contributed by atoms with Crippen LogP contribution >= 0.6 is 0 Å². The number of hydrogen-bond donors (Lipinski definition) is 2. The molecule has 1 amide bonds. The molecule has 2 aromatic carbocycles. The number of nitrogens with one attached hydrogen (secondary N) is 2. The molecule has 7 nitrogen and oxygen atoms in total. The average Bonchev–Trinajstić information content (AvgIpc) is 2.72. The summed E-state index contributed by atoms with van der Waals surface area (Å²) in [6.45, 7) is 1.55. The molecule has 29 heavy (non-hydrogen) atoms. The van der Waals surface area contributed by atoms with Gasteiger partial charge < -0.3 is 15.4 Å². The van der Waals surface area contributed by atoms with E-state index in [9.17, 15) is 13.2 Å². The van der Waals surface area contributed by atoms with Gasteiger partial charge in [-0.05, 0) is 55.2 Å². The van der Waals surface area contributed by atoms with E-state index in [2.05, 4.69) is 10.6 Å². The van der Waals surface area contributed by atoms with Crippen molar-refractivity contribution in [3.05, 3.63) is 54.1 Å². The Labute approximate surface area is 172 Å². The van der Waals surface area contributed by atoms with E-state index in [4.69, 9.17) is 4.74 Å². The molecule has 156 valence electrons. The van der Waals surface area contributed by atoms with Crippen LogP contribution < -0.4 is 15.4 Å². The van der Waals surface area contributed by atoms with Crippen molar-refractivity contribution in [2.45, 2.75) is 12.8 Å². The topological polar surface area (TPSA) is 87.7 Å². The molecule has 1 saturated heterocycles. The van der Waals surface area contributed by atoms with E-state index in [1.807, 2.05) is 42.5 Å². The number of anilines is 2. The van der Waals surface area contributed by atoms with Crippen LogP contribution in [0.5, 0.6) is 5.75 Å². The number of amides is 1. The van der Waals surface area contributed by atoms with Gasteiger partial charge in [-0.1, -0.05) is 12.1 Å². The molecule has 0 atom stereocenters. The average molecular weight is 418 g/mol. The number of benzene rings is 2. The standard InChI is InChI=1S/C21H27N3O4S/c1-28-18-9-7-17(8-10-18)23-20-6-4-3-5-19(20)21(25)22-15-16-11-13-24(14-12-16)29(2,26)27/h3-10,16,23H,11-15H2,1-2H3,(H,22,25). The van der Waals surface area contributed by atoms with E-state index in [1.165, 1.54) is 10.6 Å². The van der Waals surface area contributed by atoms with Gasteiger partial charge >= 0.3 is 0 Å². The van der Waals surface area contributed by atoms with Crippen LogP contribution in [0, 0.1) is 5.92 Å². The van der Waals surface area contributed by atoms with Crippen molar-refractivity contribution in [3.63, 3.8) is 0 Å². The Morgan fingerprint density at radius 3 is 2.38 bits per heavy atom. The number of nitrogens with zero attached hydrogens (tertiary/aromatic N) is 1. The Morgan fingerprint density at radius 2 is 1.76 bits per heavy atom. The van der Waals surface area contributed by atoms with Crippen LogP contribution in [0.2, 0.25) is 0 Å². The summed E-state index contributed by atoms with van der Waals surface area (Å²) in [4.78, 5) is 12.7. The molecule has 0 spiro atoms. The lowest BCUT2D eigenvalue weighted by molar-refractivity contribution is 0.0942. The minimum absolute atomic E-state index is 0.146. The molecule has 0 aliphatic carbocycles. The van der Waals surface area contributed by atoms with Crippen LogP contribution in [0.4, 0.5) is 11.4 Å². The van der Waals surface area contributed by atoms with Crippen LogP contribution in [-0.2, 0) is 10.0 Å². The van der Waals surface area contributed by atoms with Gasteiger partial charge in [0.05, 0.1) is 24.6 Å². The first-order valence-corrected chi connectivity index (χ1v) is 11.4. The number of ether oxygens (including phenoxy) is 1. The second-order valence-corrected chi connectivity index (χ2v) is 9.20. The number of carbonyl (C=O) groups is 1. The van der Waals surface area contributed by atoms with Gasteiger partial charge in [-0.2, -0.15) is 0 Å². The second-order valence-electron chi connectivity index (χ2n) is 7.21. The Hall–Kier alpha value is -2.58. The van der Waals surface area contributed by atoms with Gasteiger partial charge in [-0.25, -0.2) is 12.7 Å². The van der Waals surface area contributed by atoms with Crippen LogP contribution in [0.3, 0.4) is 0 Å². The Morgan fingerprint density at radius 1 is 1.10 bits per heavy atom. The monoisotopic (exact) mass is 417 g/mol. The predicted molar refractivity (Wildman–Crippen MR) is 114 cm³/mol. The highest BCUT2D eigenvalue weighted by atomic mass is 32.2. The first kappa shape index (κ1) is 21.1. The van der Waals surface area contributed by atoms with E-state index in [1.54, 1.807) is 13.2 Å². The zero-order valence-electron chi connectivity index (χ0n) is 16.7. The molecule has 1 heterocycles. The van der Waals surface area contributed by atoms with Crippen molar-refractivity contribution in [3.8, 4) is 5.75 Å². The predicted octanol–water partition coefficient (Wildman–Crippen LogP) is 2.84. The summed E-state index contributed by atoms with van der Waals surface area (Å²) < 4.78 is 29.9. The van der Waals surface area contributed by atoms with E-state index in [-0.39, 0.29) is 11.8 Å². The van der Waals surface area contributed by atoms with E-state index in [0.717, 1.165) is 30.0 Å². The minimum atomic E-state index is -3.13. The lowest BCUT2D eigenvalue weighted by Crippen LogP contribution is -2.41. The van der Waals surface area contributed by atoms with Crippen LogP contribution in [-0.4, -0.2) is 51.6 Å². The molecule has 1 aliphatic heterocycles. The van der Waals surface area contributed by atoms with Gasteiger partial charge in [0.15, 0.2) is 0 Å². The highest BCUT2D eigenvalue weighted by Crippen LogP contribution is 2.23. The van der Waals surface area contributed by atoms with Crippen molar-refractivity contribution < 1.29 is 17.9 Å². The first-order chi connectivity index (χ1) is 13.9. The van der Waals surface area contributed by atoms with Crippen LogP contribution in [0.1, 0.15) is 23.2 Å². The lowest BCUT2D eigenvalue weighted by atomic mass is 9.98. The van der Waals surface area contributed by atoms with Gasteiger partial charge in [-0.15, -0.1) is 0 Å². The van der Waals surface area contributed by atoms with E-state index >= 15 is 0 Å². The van der Waals surface area contributed by atoms with Gasteiger partial charge in [0, 0.05) is 25.3 Å². The largest absolute Gasteiger partial charge is 0.497 e. The molecule has 0 radical (unpaired) electrons. The number of methoxy groups -OCH3 is 1. The fourth-order valence-corrected chi connectivity index (χ4v) is 4.27. The van der Waals surface area contributed by atoms with Crippen molar-refractivity contribution in [2.75, 3.05) is 38.3 Å². The van der Waals surface area contributed by atoms with Crippen molar-refractivity contribution in [1.82, 2.24) is 9.62 Å². The molecule has 0 unspecified atom stereocenters. The number of piperidine rings is 1. The number of rotatable bonds is 7. The molecule has 2 N–H and O–H groups in total. The normalized spacial score (nSPS) is 15.7. The second kappa shape index (κ2) is 9.28. The summed E-state index contributed by atoms with van der Waals surface area (Å²) in [5.74, 6) is 0.898. The number of carbonyl (C=O) groups excluding carboxylic acids is 1. The quantitative estimate of drug-likeness (QED) is 0.723. The molecule has 0 bridgehead atoms. The molecule has 0 saturated carbocycles. The molecule has 1 aliphatic rings. The zero-order valence-corrected chi connectivity index (χ0v) is 17.5. The SMILES string of the molecule is COc1ccc(Nc2ccccc2C(=O)NCC2CCN(S(C)(=O)=O)CC2)cc1. The molecule has 2 aromatic rings. The van der Waals surface area contributed by atoms with Crippen molar-refractivity contribution >= 4 is 27.3 Å².